The van der Waals surface area contributed by atoms with E-state index in [1.165, 1.54) is 30.2 Å². The van der Waals surface area contributed by atoms with Crippen LogP contribution in [0.3, 0.4) is 0 Å². The molecule has 7 heteroatoms. The van der Waals surface area contributed by atoms with Gasteiger partial charge in [-0.05, 0) is 34.1 Å². The fourth-order valence-corrected chi connectivity index (χ4v) is 2.56. The molecular formula is C10H8BrFN4S. The van der Waals surface area contributed by atoms with Gasteiger partial charge in [-0.2, -0.15) is 0 Å². The molecule has 0 radical (unpaired) electrons. The van der Waals surface area contributed by atoms with Crippen LogP contribution in [0.4, 0.5) is 10.2 Å². The smallest absolute Gasteiger partial charge is 0.158 e. The number of benzene rings is 1. The largest absolute Gasteiger partial charge is 0.307 e. The Labute approximate surface area is 110 Å². The van der Waals surface area contributed by atoms with Crippen molar-refractivity contribution in [2.45, 2.75) is 9.92 Å². The van der Waals surface area contributed by atoms with Crippen molar-refractivity contribution in [2.24, 2.45) is 5.84 Å². The summed E-state index contributed by atoms with van der Waals surface area (Å²) in [7, 11) is 0. The van der Waals surface area contributed by atoms with Gasteiger partial charge in [-0.15, -0.1) is 0 Å². The van der Waals surface area contributed by atoms with Gasteiger partial charge in [0.15, 0.2) is 5.82 Å². The standard InChI is InChI=1S/C10H8BrFN4S/c11-8-9(16-13)14-5-15-10(8)17-7-3-1-2-6(12)4-7/h1-5H,13H2,(H,14,15,16). The van der Waals surface area contributed by atoms with Gasteiger partial charge in [-0.1, -0.05) is 17.8 Å². The van der Waals surface area contributed by atoms with E-state index < -0.39 is 0 Å². The normalized spacial score (nSPS) is 10.3. The van der Waals surface area contributed by atoms with Gasteiger partial charge in [0.25, 0.3) is 0 Å². The van der Waals surface area contributed by atoms with Crippen LogP contribution >= 0.6 is 27.7 Å². The first-order chi connectivity index (χ1) is 8.20. The third-order valence-electron chi connectivity index (χ3n) is 1.90. The first-order valence-electron chi connectivity index (χ1n) is 4.61. The summed E-state index contributed by atoms with van der Waals surface area (Å²) in [6, 6.07) is 6.29. The van der Waals surface area contributed by atoms with Gasteiger partial charge < -0.3 is 5.43 Å². The maximum absolute atomic E-state index is 13.0. The number of hydrazine groups is 1. The Hall–Kier alpha value is -1.18. The maximum atomic E-state index is 13.0. The fraction of sp³-hybridized carbons (Fsp3) is 0. The van der Waals surface area contributed by atoms with Gasteiger partial charge in [0.1, 0.15) is 17.2 Å². The summed E-state index contributed by atoms with van der Waals surface area (Å²) in [4.78, 5) is 8.79. The lowest BCUT2D eigenvalue weighted by Crippen LogP contribution is -2.09. The molecule has 0 bridgehead atoms. The number of nitrogen functional groups attached to an aromatic ring is 1. The van der Waals surface area contributed by atoms with E-state index in [4.69, 9.17) is 5.84 Å². The van der Waals surface area contributed by atoms with Crippen molar-refractivity contribution in [3.05, 3.63) is 40.9 Å². The van der Waals surface area contributed by atoms with E-state index in [2.05, 4.69) is 31.3 Å². The monoisotopic (exact) mass is 314 g/mol. The topological polar surface area (TPSA) is 63.8 Å². The molecule has 0 spiro atoms. The summed E-state index contributed by atoms with van der Waals surface area (Å²) < 4.78 is 13.7. The Kier molecular flexibility index (Phi) is 3.93. The van der Waals surface area contributed by atoms with E-state index in [1.807, 2.05) is 0 Å². The Balaban J connectivity index is 2.30. The number of hydrogen-bond donors (Lipinski definition) is 2. The Bertz CT molecular complexity index is 537. The van der Waals surface area contributed by atoms with Crippen LogP contribution in [0.5, 0.6) is 0 Å². The number of hydrogen-bond acceptors (Lipinski definition) is 5. The van der Waals surface area contributed by atoms with Crippen LogP contribution in [0.2, 0.25) is 0 Å². The first kappa shape index (κ1) is 12.3. The highest BCUT2D eigenvalue weighted by Crippen LogP contribution is 2.34. The van der Waals surface area contributed by atoms with Gasteiger partial charge in [-0.25, -0.2) is 20.2 Å². The lowest BCUT2D eigenvalue weighted by Gasteiger charge is -2.06. The summed E-state index contributed by atoms with van der Waals surface area (Å²) >= 11 is 4.66. The summed E-state index contributed by atoms with van der Waals surface area (Å²) in [6.45, 7) is 0. The zero-order valence-electron chi connectivity index (χ0n) is 8.52. The molecule has 2 aromatic rings. The number of aromatic nitrogens is 2. The predicted octanol–water partition coefficient (Wildman–Crippen LogP) is 2.82. The van der Waals surface area contributed by atoms with Crippen LogP contribution in [0.15, 0.2) is 45.0 Å². The SMILES string of the molecule is NNc1ncnc(Sc2cccc(F)c2)c1Br. The summed E-state index contributed by atoms with van der Waals surface area (Å²) in [6.07, 6.45) is 1.39. The van der Waals surface area contributed by atoms with E-state index >= 15 is 0 Å². The highest BCUT2D eigenvalue weighted by atomic mass is 79.9. The second kappa shape index (κ2) is 5.44. The van der Waals surface area contributed by atoms with Crippen LogP contribution in [-0.2, 0) is 0 Å². The van der Waals surface area contributed by atoms with E-state index in [9.17, 15) is 4.39 Å². The maximum Gasteiger partial charge on any atom is 0.158 e. The van der Waals surface area contributed by atoms with Crippen LogP contribution in [-0.4, -0.2) is 9.97 Å². The minimum absolute atomic E-state index is 0.280. The van der Waals surface area contributed by atoms with Crippen molar-refractivity contribution in [1.82, 2.24) is 9.97 Å². The summed E-state index contributed by atoms with van der Waals surface area (Å²) in [5.41, 5.74) is 2.45. The molecule has 0 amide bonds. The van der Waals surface area contributed by atoms with E-state index in [-0.39, 0.29) is 5.82 Å². The minimum Gasteiger partial charge on any atom is -0.307 e. The predicted molar refractivity (Wildman–Crippen MR) is 68.1 cm³/mol. The van der Waals surface area contributed by atoms with Gasteiger partial charge >= 0.3 is 0 Å². The average molecular weight is 315 g/mol. The van der Waals surface area contributed by atoms with Crippen molar-refractivity contribution < 1.29 is 4.39 Å². The Morgan fingerprint density at radius 1 is 1.35 bits per heavy atom. The Morgan fingerprint density at radius 3 is 2.88 bits per heavy atom. The van der Waals surface area contributed by atoms with Crippen molar-refractivity contribution >= 4 is 33.5 Å². The fourth-order valence-electron chi connectivity index (χ4n) is 1.17. The zero-order chi connectivity index (χ0) is 12.3. The summed E-state index contributed by atoms with van der Waals surface area (Å²) in [5.74, 6) is 5.50. The van der Waals surface area contributed by atoms with Crippen molar-refractivity contribution in [2.75, 3.05) is 5.43 Å². The molecule has 17 heavy (non-hydrogen) atoms. The molecule has 0 aliphatic rings. The van der Waals surface area contributed by atoms with Crippen LogP contribution in [0, 0.1) is 5.82 Å². The number of anilines is 1. The molecule has 1 heterocycles. The molecule has 4 nitrogen and oxygen atoms in total. The molecule has 0 aliphatic carbocycles. The molecule has 3 N–H and O–H groups in total. The van der Waals surface area contributed by atoms with Crippen LogP contribution in [0.25, 0.3) is 0 Å². The lowest BCUT2D eigenvalue weighted by molar-refractivity contribution is 0.624. The number of halogens is 2. The van der Waals surface area contributed by atoms with Crippen molar-refractivity contribution in [3.63, 3.8) is 0 Å². The molecule has 0 aliphatic heterocycles. The third-order valence-corrected chi connectivity index (χ3v) is 3.91. The van der Waals surface area contributed by atoms with Gasteiger partial charge in [0, 0.05) is 4.90 Å². The van der Waals surface area contributed by atoms with Gasteiger partial charge in [-0.3, -0.25) is 0 Å². The highest BCUT2D eigenvalue weighted by Gasteiger charge is 2.09. The quantitative estimate of drug-likeness (QED) is 0.518. The van der Waals surface area contributed by atoms with E-state index in [0.29, 0.717) is 15.3 Å². The van der Waals surface area contributed by atoms with Crippen LogP contribution in [0.1, 0.15) is 0 Å². The second-order valence-corrected chi connectivity index (χ2v) is 4.90. The van der Waals surface area contributed by atoms with Crippen LogP contribution < -0.4 is 11.3 Å². The molecule has 0 saturated heterocycles. The van der Waals surface area contributed by atoms with Gasteiger partial charge in [0.05, 0.1) is 4.47 Å². The second-order valence-electron chi connectivity index (χ2n) is 3.05. The minimum atomic E-state index is -0.280. The van der Waals surface area contributed by atoms with Gasteiger partial charge in [0.2, 0.25) is 0 Å². The number of rotatable bonds is 3. The molecule has 88 valence electrons. The van der Waals surface area contributed by atoms with E-state index in [0.717, 1.165) is 4.90 Å². The number of nitrogens with two attached hydrogens (primary N) is 1. The highest BCUT2D eigenvalue weighted by molar-refractivity contribution is 9.10. The lowest BCUT2D eigenvalue weighted by atomic mass is 10.4. The van der Waals surface area contributed by atoms with E-state index in [1.54, 1.807) is 12.1 Å². The molecule has 2 rings (SSSR count). The zero-order valence-corrected chi connectivity index (χ0v) is 10.9. The average Bonchev–Trinajstić information content (AvgIpc) is 2.32. The summed E-state index contributed by atoms with van der Waals surface area (Å²) in [5, 5.41) is 0.665. The molecule has 1 aromatic carbocycles. The molecule has 0 saturated carbocycles. The van der Waals surface area contributed by atoms with Crippen molar-refractivity contribution in [3.8, 4) is 0 Å². The molecule has 1 aromatic heterocycles. The first-order valence-corrected chi connectivity index (χ1v) is 6.22. The molecule has 0 fully saturated rings. The molecule has 0 unspecified atom stereocenters. The molecule has 0 atom stereocenters. The number of nitrogens with one attached hydrogen (secondary N) is 1. The third kappa shape index (κ3) is 2.93. The van der Waals surface area contributed by atoms with Crippen molar-refractivity contribution in [1.29, 1.82) is 0 Å². The number of nitrogens with zero attached hydrogens (tertiary/aromatic N) is 2. The molecular weight excluding hydrogens is 307 g/mol. The Morgan fingerprint density at radius 2 is 2.18 bits per heavy atom.